The zero-order chi connectivity index (χ0) is 22.0. The van der Waals surface area contributed by atoms with E-state index in [2.05, 4.69) is 5.32 Å². The number of aryl methyl sites for hydroxylation is 1. The number of thioether (sulfide) groups is 1. The highest BCUT2D eigenvalue weighted by Gasteiger charge is 2.32. The van der Waals surface area contributed by atoms with E-state index in [-0.39, 0.29) is 17.6 Å². The Labute approximate surface area is 189 Å². The molecule has 0 radical (unpaired) electrons. The van der Waals surface area contributed by atoms with Gasteiger partial charge in [0.1, 0.15) is 15.8 Å². The lowest BCUT2D eigenvalue weighted by Crippen LogP contribution is -2.31. The third kappa shape index (κ3) is 4.52. The predicted octanol–water partition coefficient (Wildman–Crippen LogP) is 2.44. The molecule has 1 unspecified atom stereocenters. The number of hydrogen-bond donors (Lipinski definition) is 1. The smallest absolute Gasteiger partial charge is 0.267 e. The summed E-state index contributed by atoms with van der Waals surface area (Å²) in [4.78, 5) is 32.8. The Morgan fingerprint density at radius 3 is 3.03 bits per heavy atom. The van der Waals surface area contributed by atoms with Gasteiger partial charge in [0.2, 0.25) is 0 Å². The van der Waals surface area contributed by atoms with Crippen LogP contribution in [0.2, 0.25) is 0 Å². The predicted molar refractivity (Wildman–Crippen MR) is 125 cm³/mol. The number of methoxy groups -OCH3 is 1. The average Bonchev–Trinajstić information content (AvgIpc) is 3.36. The molecule has 2 fully saturated rings. The molecular formula is C21H24N4O4S2. The third-order valence-corrected chi connectivity index (χ3v) is 6.65. The van der Waals surface area contributed by atoms with Crippen LogP contribution < -0.4 is 10.9 Å². The summed E-state index contributed by atoms with van der Waals surface area (Å²) in [5, 5.41) is 3.28. The number of carbonyl (C=O) groups excluding carboxylic acids is 1. The number of ether oxygens (including phenoxy) is 2. The van der Waals surface area contributed by atoms with E-state index in [1.54, 1.807) is 25.4 Å². The summed E-state index contributed by atoms with van der Waals surface area (Å²) < 4.78 is 12.7. The van der Waals surface area contributed by atoms with Crippen molar-refractivity contribution in [2.24, 2.45) is 0 Å². The molecule has 1 N–H and O–H groups in total. The van der Waals surface area contributed by atoms with Crippen LogP contribution in [0.3, 0.4) is 0 Å². The molecule has 4 heterocycles. The quantitative estimate of drug-likeness (QED) is 0.498. The van der Waals surface area contributed by atoms with Gasteiger partial charge in [0.15, 0.2) is 0 Å². The van der Waals surface area contributed by atoms with Crippen molar-refractivity contribution in [2.75, 3.05) is 38.7 Å². The second-order valence-corrected chi connectivity index (χ2v) is 9.08. The molecule has 164 valence electrons. The largest absolute Gasteiger partial charge is 0.383 e. The average molecular weight is 461 g/mol. The summed E-state index contributed by atoms with van der Waals surface area (Å²) in [6.45, 7) is 3.95. The first-order valence-corrected chi connectivity index (χ1v) is 11.3. The van der Waals surface area contributed by atoms with Gasteiger partial charge in [0.25, 0.3) is 11.5 Å². The molecule has 10 heteroatoms. The zero-order valence-electron chi connectivity index (χ0n) is 17.4. The maximum atomic E-state index is 13.3. The lowest BCUT2D eigenvalue weighted by atomic mass is 10.2. The Hall–Kier alpha value is -2.27. The topological polar surface area (TPSA) is 85.2 Å². The molecule has 0 aromatic carbocycles. The van der Waals surface area contributed by atoms with Gasteiger partial charge in [-0.25, -0.2) is 4.98 Å². The fourth-order valence-corrected chi connectivity index (χ4v) is 4.89. The van der Waals surface area contributed by atoms with Crippen molar-refractivity contribution in [3.8, 4) is 0 Å². The van der Waals surface area contributed by atoms with Crippen LogP contribution in [0.15, 0.2) is 28.0 Å². The summed E-state index contributed by atoms with van der Waals surface area (Å²) in [7, 11) is 1.57. The van der Waals surface area contributed by atoms with Gasteiger partial charge in [0.05, 0.1) is 29.7 Å². The molecule has 1 atom stereocenters. The van der Waals surface area contributed by atoms with Gasteiger partial charge in [-0.15, -0.1) is 0 Å². The SMILES string of the molecule is COCCN1C(=O)C(=Cc2c(NCC3CCCO3)nc3c(C)cccn3c2=O)SC1=S. The van der Waals surface area contributed by atoms with E-state index < -0.39 is 0 Å². The summed E-state index contributed by atoms with van der Waals surface area (Å²) in [5.74, 6) is 0.211. The van der Waals surface area contributed by atoms with Gasteiger partial charge in [-0.2, -0.15) is 0 Å². The number of anilines is 1. The molecule has 0 spiro atoms. The van der Waals surface area contributed by atoms with Crippen molar-refractivity contribution in [1.82, 2.24) is 14.3 Å². The molecule has 0 saturated carbocycles. The van der Waals surface area contributed by atoms with Crippen LogP contribution >= 0.6 is 24.0 Å². The zero-order valence-corrected chi connectivity index (χ0v) is 19.1. The standard InChI is InChI=1S/C21H24N4O4S2/c1-13-5-3-7-24-18(13)23-17(22-12-14-6-4-9-29-14)15(19(24)26)11-16-20(27)25(8-10-28-2)21(30)31-16/h3,5,7,11,14,22H,4,6,8-10,12H2,1-2H3. The lowest BCUT2D eigenvalue weighted by molar-refractivity contribution is -0.122. The number of nitrogens with one attached hydrogen (secondary N) is 1. The number of amides is 1. The van der Waals surface area contributed by atoms with Crippen molar-refractivity contribution >= 4 is 51.7 Å². The Kier molecular flexibility index (Phi) is 6.71. The number of thiocarbonyl (C=S) groups is 1. The van der Waals surface area contributed by atoms with Crippen LogP contribution in [0.1, 0.15) is 24.0 Å². The summed E-state index contributed by atoms with van der Waals surface area (Å²) in [6, 6.07) is 3.71. The van der Waals surface area contributed by atoms with Crippen molar-refractivity contribution in [3.63, 3.8) is 0 Å². The number of fused-ring (bicyclic) bond motifs is 1. The number of nitrogens with zero attached hydrogens (tertiary/aromatic N) is 3. The second-order valence-electron chi connectivity index (χ2n) is 7.41. The lowest BCUT2D eigenvalue weighted by Gasteiger charge is -2.15. The molecule has 1 amide bonds. The maximum absolute atomic E-state index is 13.3. The van der Waals surface area contributed by atoms with Gasteiger partial charge in [0, 0.05) is 26.5 Å². The first-order valence-electron chi connectivity index (χ1n) is 10.1. The Balaban J connectivity index is 1.74. The van der Waals surface area contributed by atoms with E-state index in [0.29, 0.717) is 46.0 Å². The highest BCUT2D eigenvalue weighted by atomic mass is 32.2. The van der Waals surface area contributed by atoms with E-state index >= 15 is 0 Å². The minimum atomic E-state index is -0.245. The molecule has 2 aromatic rings. The van der Waals surface area contributed by atoms with Gasteiger partial charge in [-0.1, -0.05) is 30.0 Å². The molecule has 0 aliphatic carbocycles. The van der Waals surface area contributed by atoms with Gasteiger partial charge < -0.3 is 14.8 Å². The molecule has 8 nitrogen and oxygen atoms in total. The first kappa shape index (κ1) is 21.9. The fourth-order valence-electron chi connectivity index (χ4n) is 3.60. The van der Waals surface area contributed by atoms with E-state index in [4.69, 9.17) is 26.7 Å². The number of carbonyl (C=O) groups is 1. The van der Waals surface area contributed by atoms with Gasteiger partial charge in [-0.3, -0.25) is 18.9 Å². The Morgan fingerprint density at radius 2 is 2.29 bits per heavy atom. The molecule has 2 aliphatic heterocycles. The highest BCUT2D eigenvalue weighted by Crippen LogP contribution is 2.33. The molecule has 2 aromatic heterocycles. The number of aromatic nitrogens is 2. The van der Waals surface area contributed by atoms with E-state index in [9.17, 15) is 9.59 Å². The van der Waals surface area contributed by atoms with Crippen molar-refractivity contribution in [3.05, 3.63) is 44.7 Å². The van der Waals surface area contributed by atoms with E-state index in [1.807, 2.05) is 13.0 Å². The van der Waals surface area contributed by atoms with Crippen molar-refractivity contribution in [2.45, 2.75) is 25.9 Å². The number of rotatable bonds is 7. The highest BCUT2D eigenvalue weighted by molar-refractivity contribution is 8.26. The molecule has 2 saturated heterocycles. The fraction of sp³-hybridized carbons (Fsp3) is 0.429. The van der Waals surface area contributed by atoms with E-state index in [0.717, 1.165) is 25.0 Å². The Bertz CT molecular complexity index is 1110. The normalized spacial score (nSPS) is 20.4. The van der Waals surface area contributed by atoms with Crippen molar-refractivity contribution < 1.29 is 14.3 Å². The summed E-state index contributed by atoms with van der Waals surface area (Å²) >= 11 is 6.53. The molecular weight excluding hydrogens is 436 g/mol. The van der Waals surface area contributed by atoms with Gasteiger partial charge >= 0.3 is 0 Å². The number of hydrogen-bond acceptors (Lipinski definition) is 8. The maximum Gasteiger partial charge on any atom is 0.267 e. The molecule has 2 aliphatic rings. The van der Waals surface area contributed by atoms with Crippen LogP contribution in [0.25, 0.3) is 11.7 Å². The third-order valence-electron chi connectivity index (χ3n) is 5.27. The van der Waals surface area contributed by atoms with Crippen LogP contribution in [-0.2, 0) is 14.3 Å². The monoisotopic (exact) mass is 460 g/mol. The minimum Gasteiger partial charge on any atom is -0.383 e. The first-order chi connectivity index (χ1) is 15.0. The molecule has 0 bridgehead atoms. The van der Waals surface area contributed by atoms with Gasteiger partial charge in [-0.05, 0) is 37.5 Å². The molecule has 31 heavy (non-hydrogen) atoms. The van der Waals surface area contributed by atoms with E-state index in [1.165, 1.54) is 21.1 Å². The summed E-state index contributed by atoms with van der Waals surface area (Å²) in [6.07, 6.45) is 5.34. The minimum absolute atomic E-state index is 0.0808. The van der Waals surface area contributed by atoms with Crippen molar-refractivity contribution in [1.29, 1.82) is 0 Å². The van der Waals surface area contributed by atoms with Crippen LogP contribution in [-0.4, -0.2) is 64.0 Å². The second kappa shape index (κ2) is 9.47. The van der Waals surface area contributed by atoms with Crippen LogP contribution in [0, 0.1) is 6.92 Å². The van der Waals surface area contributed by atoms with Crippen LogP contribution in [0.5, 0.6) is 0 Å². The Morgan fingerprint density at radius 1 is 1.45 bits per heavy atom. The summed E-state index contributed by atoms with van der Waals surface area (Å²) in [5.41, 5.74) is 1.54. The van der Waals surface area contributed by atoms with Crippen LogP contribution in [0.4, 0.5) is 5.82 Å². The molecule has 4 rings (SSSR count). The number of pyridine rings is 1.